The van der Waals surface area contributed by atoms with Crippen LogP contribution in [-0.4, -0.2) is 22.1 Å². The molecule has 2 rings (SSSR count). The lowest BCUT2D eigenvalue weighted by Crippen LogP contribution is -2.34. The Morgan fingerprint density at radius 2 is 1.74 bits per heavy atom. The molecule has 0 aromatic heterocycles. The van der Waals surface area contributed by atoms with Gasteiger partial charge in [0.15, 0.2) is 5.11 Å². The number of carboxylic acid groups (broad SMARTS) is 1. The van der Waals surface area contributed by atoms with Gasteiger partial charge in [0, 0.05) is 11.3 Å². The van der Waals surface area contributed by atoms with Gasteiger partial charge in [0.25, 0.3) is 5.91 Å². The number of carboxylic acids is 1. The fraction of sp³-hybridized carbons (Fsp3) is 0.118. The minimum atomic E-state index is -1.03. The van der Waals surface area contributed by atoms with Crippen LogP contribution in [0.2, 0.25) is 0 Å². The van der Waals surface area contributed by atoms with Crippen molar-refractivity contribution in [2.24, 2.45) is 0 Å². The van der Waals surface area contributed by atoms with Crippen molar-refractivity contribution in [3.05, 3.63) is 64.7 Å². The van der Waals surface area contributed by atoms with Gasteiger partial charge in [-0.25, -0.2) is 4.79 Å². The van der Waals surface area contributed by atoms with Crippen LogP contribution in [0.3, 0.4) is 0 Å². The van der Waals surface area contributed by atoms with Crippen molar-refractivity contribution in [1.82, 2.24) is 5.32 Å². The summed E-state index contributed by atoms with van der Waals surface area (Å²) in [5.41, 5.74) is 3.27. The molecule has 0 unspecified atom stereocenters. The van der Waals surface area contributed by atoms with Crippen LogP contribution in [0.1, 0.15) is 31.8 Å². The second-order valence-corrected chi connectivity index (χ2v) is 5.50. The van der Waals surface area contributed by atoms with Gasteiger partial charge in [-0.3, -0.25) is 10.1 Å². The quantitative estimate of drug-likeness (QED) is 0.755. The zero-order valence-corrected chi connectivity index (χ0v) is 13.5. The first kappa shape index (κ1) is 16.6. The van der Waals surface area contributed by atoms with Crippen molar-refractivity contribution in [3.63, 3.8) is 0 Å². The number of nitrogens with one attached hydrogen (secondary N) is 2. The number of carbonyl (C=O) groups is 2. The van der Waals surface area contributed by atoms with E-state index in [2.05, 4.69) is 10.6 Å². The van der Waals surface area contributed by atoms with E-state index in [-0.39, 0.29) is 16.6 Å². The molecule has 0 spiro atoms. The standard InChI is InChI=1S/C17H16N2O3S/c1-10-6-7-12(8-11(10)2)15(20)19-17(23)18-14-5-3-4-13(9-14)16(21)22/h3-9H,1-2H3,(H,21,22)(H2,18,19,20,23). The largest absolute Gasteiger partial charge is 0.478 e. The minimum Gasteiger partial charge on any atom is -0.478 e. The van der Waals surface area contributed by atoms with Gasteiger partial charge in [0.05, 0.1) is 5.56 Å². The highest BCUT2D eigenvalue weighted by Crippen LogP contribution is 2.12. The summed E-state index contributed by atoms with van der Waals surface area (Å²) in [6, 6.07) is 11.6. The highest BCUT2D eigenvalue weighted by Gasteiger charge is 2.10. The van der Waals surface area contributed by atoms with E-state index in [4.69, 9.17) is 17.3 Å². The third kappa shape index (κ3) is 4.37. The van der Waals surface area contributed by atoms with Gasteiger partial charge >= 0.3 is 5.97 Å². The summed E-state index contributed by atoms with van der Waals surface area (Å²) in [5.74, 6) is -1.35. The molecule has 5 nitrogen and oxygen atoms in total. The second-order valence-electron chi connectivity index (χ2n) is 5.09. The predicted octanol–water partition coefficient (Wildman–Crippen LogP) is 3.13. The number of amides is 1. The Balaban J connectivity index is 2.04. The van der Waals surface area contributed by atoms with Crippen LogP contribution in [0.5, 0.6) is 0 Å². The van der Waals surface area contributed by atoms with E-state index in [0.717, 1.165) is 11.1 Å². The van der Waals surface area contributed by atoms with Crippen molar-refractivity contribution in [2.75, 3.05) is 5.32 Å². The molecule has 0 aliphatic heterocycles. The maximum atomic E-state index is 12.2. The predicted molar refractivity (Wildman–Crippen MR) is 93.0 cm³/mol. The summed E-state index contributed by atoms with van der Waals surface area (Å²) in [7, 11) is 0. The molecule has 2 aromatic rings. The Labute approximate surface area is 139 Å². The number of aryl methyl sites for hydroxylation is 2. The molecule has 1 amide bonds. The summed E-state index contributed by atoms with van der Waals surface area (Å²) < 4.78 is 0. The average Bonchev–Trinajstić information content (AvgIpc) is 2.50. The molecule has 0 saturated carbocycles. The first-order valence-corrected chi connectivity index (χ1v) is 7.30. The maximum absolute atomic E-state index is 12.2. The molecular weight excluding hydrogens is 312 g/mol. The molecule has 23 heavy (non-hydrogen) atoms. The van der Waals surface area contributed by atoms with E-state index in [1.165, 1.54) is 12.1 Å². The van der Waals surface area contributed by atoms with E-state index in [1.54, 1.807) is 24.3 Å². The molecule has 0 fully saturated rings. The summed E-state index contributed by atoms with van der Waals surface area (Å²) in [6.45, 7) is 3.90. The summed E-state index contributed by atoms with van der Waals surface area (Å²) >= 11 is 5.09. The summed E-state index contributed by atoms with van der Waals surface area (Å²) in [4.78, 5) is 23.1. The Kier molecular flexibility index (Phi) is 5.08. The van der Waals surface area contributed by atoms with Crippen molar-refractivity contribution >= 4 is 34.9 Å². The molecule has 0 bridgehead atoms. The SMILES string of the molecule is Cc1ccc(C(=O)NC(=S)Nc2cccc(C(=O)O)c2)cc1C. The van der Waals surface area contributed by atoms with E-state index in [1.807, 2.05) is 19.9 Å². The molecule has 0 aliphatic rings. The molecule has 6 heteroatoms. The smallest absolute Gasteiger partial charge is 0.335 e. The van der Waals surface area contributed by atoms with Crippen LogP contribution < -0.4 is 10.6 Å². The zero-order chi connectivity index (χ0) is 17.0. The molecular formula is C17H16N2O3S. The number of thiocarbonyl (C=S) groups is 1. The maximum Gasteiger partial charge on any atom is 0.335 e. The van der Waals surface area contributed by atoms with Gasteiger partial charge in [0.2, 0.25) is 0 Å². The summed E-state index contributed by atoms with van der Waals surface area (Å²) in [6.07, 6.45) is 0. The molecule has 0 aliphatic carbocycles. The Bertz CT molecular complexity index is 787. The van der Waals surface area contributed by atoms with Gasteiger partial charge in [-0.15, -0.1) is 0 Å². The van der Waals surface area contributed by atoms with Gasteiger partial charge in [0.1, 0.15) is 0 Å². The van der Waals surface area contributed by atoms with Gasteiger partial charge in [-0.1, -0.05) is 12.1 Å². The molecule has 3 N–H and O–H groups in total. The Morgan fingerprint density at radius 3 is 2.39 bits per heavy atom. The highest BCUT2D eigenvalue weighted by atomic mass is 32.1. The first-order valence-electron chi connectivity index (χ1n) is 6.90. The van der Waals surface area contributed by atoms with E-state index < -0.39 is 5.97 Å². The third-order valence-electron chi connectivity index (χ3n) is 3.36. The molecule has 0 radical (unpaired) electrons. The van der Waals surface area contributed by atoms with Crippen LogP contribution in [0.4, 0.5) is 5.69 Å². The third-order valence-corrected chi connectivity index (χ3v) is 3.57. The van der Waals surface area contributed by atoms with Gasteiger partial charge in [-0.2, -0.15) is 0 Å². The second kappa shape index (κ2) is 7.02. The topological polar surface area (TPSA) is 78.4 Å². The molecule has 0 atom stereocenters. The van der Waals surface area contributed by atoms with Crippen LogP contribution in [-0.2, 0) is 0 Å². The average molecular weight is 328 g/mol. The summed E-state index contributed by atoms with van der Waals surface area (Å²) in [5, 5.41) is 14.4. The molecule has 2 aromatic carbocycles. The lowest BCUT2D eigenvalue weighted by molar-refractivity contribution is 0.0696. The first-order chi connectivity index (χ1) is 10.9. The van der Waals surface area contributed by atoms with E-state index in [0.29, 0.717) is 11.3 Å². The van der Waals surface area contributed by atoms with Crippen molar-refractivity contribution < 1.29 is 14.7 Å². The normalized spacial score (nSPS) is 10.0. The minimum absolute atomic E-state index is 0.107. The highest BCUT2D eigenvalue weighted by molar-refractivity contribution is 7.80. The molecule has 0 heterocycles. The fourth-order valence-corrected chi connectivity index (χ4v) is 2.16. The van der Waals surface area contributed by atoms with Crippen molar-refractivity contribution in [2.45, 2.75) is 13.8 Å². The number of hydrogen-bond donors (Lipinski definition) is 3. The zero-order valence-electron chi connectivity index (χ0n) is 12.7. The molecule has 118 valence electrons. The number of hydrogen-bond acceptors (Lipinski definition) is 3. The monoisotopic (exact) mass is 328 g/mol. The number of anilines is 1. The van der Waals surface area contributed by atoms with Crippen LogP contribution in [0, 0.1) is 13.8 Å². The lowest BCUT2D eigenvalue weighted by atomic mass is 10.1. The van der Waals surface area contributed by atoms with Gasteiger partial charge < -0.3 is 10.4 Å². The number of aromatic carboxylic acids is 1. The molecule has 0 saturated heterocycles. The fourth-order valence-electron chi connectivity index (χ4n) is 1.95. The van der Waals surface area contributed by atoms with Gasteiger partial charge in [-0.05, 0) is 67.5 Å². The number of carbonyl (C=O) groups excluding carboxylic acids is 1. The van der Waals surface area contributed by atoms with Crippen LogP contribution >= 0.6 is 12.2 Å². The van der Waals surface area contributed by atoms with Crippen LogP contribution in [0.25, 0.3) is 0 Å². The number of rotatable bonds is 3. The lowest BCUT2D eigenvalue weighted by Gasteiger charge is -2.11. The van der Waals surface area contributed by atoms with Crippen molar-refractivity contribution in [1.29, 1.82) is 0 Å². The number of benzene rings is 2. The van der Waals surface area contributed by atoms with Crippen LogP contribution in [0.15, 0.2) is 42.5 Å². The van der Waals surface area contributed by atoms with Crippen molar-refractivity contribution in [3.8, 4) is 0 Å². The van der Waals surface area contributed by atoms with E-state index >= 15 is 0 Å². The Morgan fingerprint density at radius 1 is 1.00 bits per heavy atom. The van der Waals surface area contributed by atoms with E-state index in [9.17, 15) is 9.59 Å². The Hall–Kier alpha value is -2.73.